The molecule has 1 heterocycles. The van der Waals surface area contributed by atoms with Crippen molar-refractivity contribution in [1.29, 1.82) is 0 Å². The number of esters is 1. The molecule has 2 amide bonds. The Hall–Kier alpha value is -4.72. The number of fused-ring (bicyclic) bond motifs is 1. The van der Waals surface area contributed by atoms with Gasteiger partial charge in [-0.1, -0.05) is 74.7 Å². The van der Waals surface area contributed by atoms with E-state index in [2.05, 4.69) is 24.4 Å². The Kier molecular flexibility index (Phi) is 14.0. The van der Waals surface area contributed by atoms with Crippen LogP contribution in [-0.2, 0) is 27.3 Å². The number of amides is 2. The highest BCUT2D eigenvalue weighted by atomic mass is 16.5. The van der Waals surface area contributed by atoms with E-state index in [1.165, 1.54) is 5.56 Å². The zero-order chi connectivity index (χ0) is 36.0. The molecule has 5 rings (SSSR count). The number of carbonyl (C=O) groups excluding carboxylic acids is 4. The maximum Gasteiger partial charge on any atom is 0.311 e. The van der Waals surface area contributed by atoms with Gasteiger partial charge in [0.2, 0.25) is 11.8 Å². The van der Waals surface area contributed by atoms with Gasteiger partial charge in [-0.2, -0.15) is 0 Å². The summed E-state index contributed by atoms with van der Waals surface area (Å²) in [6.07, 6.45) is 9.68. The van der Waals surface area contributed by atoms with E-state index in [1.54, 1.807) is 17.0 Å². The summed E-state index contributed by atoms with van der Waals surface area (Å²) in [4.78, 5) is 54.2. The average Bonchev–Trinajstić information content (AvgIpc) is 3.52. The van der Waals surface area contributed by atoms with Crippen LogP contribution in [-0.4, -0.2) is 41.2 Å². The predicted octanol–water partition coefficient (Wildman–Crippen LogP) is 8.70. The van der Waals surface area contributed by atoms with Crippen molar-refractivity contribution in [1.82, 2.24) is 9.88 Å². The van der Waals surface area contributed by atoms with Crippen LogP contribution < -0.4 is 15.0 Å². The molecule has 51 heavy (non-hydrogen) atoms. The molecule has 0 unspecified atom stereocenters. The largest absolute Gasteiger partial charge is 0.427 e. The summed E-state index contributed by atoms with van der Waals surface area (Å²) in [5.74, 6) is 0.713. The molecule has 3 aromatic carbocycles. The Bertz CT molecular complexity index is 1760. The first-order chi connectivity index (χ1) is 24.9. The van der Waals surface area contributed by atoms with Gasteiger partial charge in [0, 0.05) is 48.4 Å². The number of para-hydroxylation sites is 2. The third kappa shape index (κ3) is 10.6. The number of nitrogens with one attached hydrogen (secondary N) is 1. The van der Waals surface area contributed by atoms with Crippen molar-refractivity contribution < 1.29 is 23.9 Å². The fourth-order valence-electron chi connectivity index (χ4n) is 7.23. The van der Waals surface area contributed by atoms with Gasteiger partial charge in [-0.15, -0.1) is 0 Å². The second-order valence-electron chi connectivity index (χ2n) is 13.8. The molecule has 0 spiro atoms. The number of unbranched alkanes of at least 4 members (excludes halogenated alkanes) is 4. The van der Waals surface area contributed by atoms with Gasteiger partial charge >= 0.3 is 5.97 Å². The maximum absolute atomic E-state index is 13.8. The summed E-state index contributed by atoms with van der Waals surface area (Å²) in [5, 5.41) is 4.08. The lowest BCUT2D eigenvalue weighted by atomic mass is 9.79. The normalized spacial score (nSPS) is 15.7. The number of ether oxygens (including phenoxy) is 1. The van der Waals surface area contributed by atoms with Crippen molar-refractivity contribution in [3.8, 4) is 5.75 Å². The summed E-state index contributed by atoms with van der Waals surface area (Å²) in [5.41, 5.74) is 3.52. The molecule has 0 radical (unpaired) electrons. The van der Waals surface area contributed by atoms with Crippen molar-refractivity contribution in [3.63, 3.8) is 0 Å². The van der Waals surface area contributed by atoms with Gasteiger partial charge in [0.15, 0.2) is 5.78 Å². The maximum atomic E-state index is 13.8. The van der Waals surface area contributed by atoms with E-state index in [1.807, 2.05) is 72.2 Å². The second-order valence-corrected chi connectivity index (χ2v) is 13.8. The second kappa shape index (κ2) is 19.0. The quantitative estimate of drug-likeness (QED) is 0.0487. The van der Waals surface area contributed by atoms with Crippen molar-refractivity contribution in [3.05, 3.63) is 96.2 Å². The van der Waals surface area contributed by atoms with Gasteiger partial charge in [0.25, 0.3) is 0 Å². The van der Waals surface area contributed by atoms with Crippen LogP contribution in [0.25, 0.3) is 10.9 Å². The molecule has 8 nitrogen and oxygen atoms in total. The fourth-order valence-corrected chi connectivity index (χ4v) is 7.23. The first kappa shape index (κ1) is 37.5. The molecule has 1 aliphatic carbocycles. The first-order valence-electron chi connectivity index (χ1n) is 18.9. The van der Waals surface area contributed by atoms with Gasteiger partial charge < -0.3 is 19.5 Å². The van der Waals surface area contributed by atoms with Crippen molar-refractivity contribution in [2.45, 2.75) is 97.4 Å². The highest BCUT2D eigenvalue weighted by Gasteiger charge is 2.29. The lowest BCUT2D eigenvalue weighted by molar-refractivity contribution is -0.134. The van der Waals surface area contributed by atoms with E-state index in [4.69, 9.17) is 4.74 Å². The number of hydrogen-bond acceptors (Lipinski definition) is 5. The Balaban J connectivity index is 1.04. The first-order valence-corrected chi connectivity index (χ1v) is 18.9. The van der Waals surface area contributed by atoms with E-state index >= 15 is 0 Å². The van der Waals surface area contributed by atoms with E-state index in [-0.39, 0.29) is 41.9 Å². The summed E-state index contributed by atoms with van der Waals surface area (Å²) < 4.78 is 7.22. The molecule has 4 aromatic rings. The van der Waals surface area contributed by atoms with Crippen LogP contribution in [0.3, 0.4) is 0 Å². The molecule has 0 atom stereocenters. The van der Waals surface area contributed by atoms with Gasteiger partial charge in [-0.05, 0) is 99.7 Å². The number of Topliss-reactive ketones (excluding diaryl/α,β-unsaturated/α-hetero) is 1. The number of aryl methyl sites for hydroxylation is 1. The number of ketones is 1. The molecule has 1 saturated carbocycles. The van der Waals surface area contributed by atoms with E-state index in [0.29, 0.717) is 37.4 Å². The number of benzene rings is 3. The zero-order valence-corrected chi connectivity index (χ0v) is 30.3. The summed E-state index contributed by atoms with van der Waals surface area (Å²) in [7, 11) is 0. The van der Waals surface area contributed by atoms with Gasteiger partial charge in [0.1, 0.15) is 12.3 Å². The minimum absolute atomic E-state index is 0.0118. The molecule has 0 aliphatic heterocycles. The monoisotopic (exact) mass is 691 g/mol. The van der Waals surface area contributed by atoms with Gasteiger partial charge in [-0.25, -0.2) is 0 Å². The Labute approximate surface area is 302 Å². The van der Waals surface area contributed by atoms with E-state index in [0.717, 1.165) is 80.8 Å². The van der Waals surface area contributed by atoms with Crippen LogP contribution in [0.1, 0.15) is 101 Å². The third-order valence-electron chi connectivity index (χ3n) is 10.2. The van der Waals surface area contributed by atoms with Crippen molar-refractivity contribution in [2.24, 2.45) is 11.8 Å². The van der Waals surface area contributed by atoms with Crippen LogP contribution in [0.15, 0.2) is 84.9 Å². The van der Waals surface area contributed by atoms with Crippen LogP contribution in [0.4, 0.5) is 5.69 Å². The SMILES string of the molecule is CCc1cccc(N(CC)C(=O)Cn2c(C(=O)CC3CCC(C(=O)NCCCCCCCC(=O)Oc4ccccc4)CC3)cc3ccccc32)c1. The molecule has 1 fully saturated rings. The van der Waals surface area contributed by atoms with Crippen LogP contribution in [0.2, 0.25) is 0 Å². The number of rotatable bonds is 18. The number of aromatic nitrogens is 1. The molecule has 0 saturated heterocycles. The smallest absolute Gasteiger partial charge is 0.311 e. The zero-order valence-electron chi connectivity index (χ0n) is 30.3. The molecule has 1 N–H and O–H groups in total. The molecular weight excluding hydrogens is 638 g/mol. The van der Waals surface area contributed by atoms with Crippen LogP contribution in [0.5, 0.6) is 5.75 Å². The van der Waals surface area contributed by atoms with Crippen LogP contribution in [0, 0.1) is 11.8 Å². The number of nitrogens with zero attached hydrogens (tertiary/aromatic N) is 2. The Morgan fingerprint density at radius 2 is 1.53 bits per heavy atom. The van der Waals surface area contributed by atoms with Crippen molar-refractivity contribution >= 4 is 40.2 Å². The molecule has 0 bridgehead atoms. The number of anilines is 1. The minimum Gasteiger partial charge on any atom is -0.427 e. The molecular formula is C43H53N3O5. The summed E-state index contributed by atoms with van der Waals surface area (Å²) in [6, 6.07) is 27.0. The Morgan fingerprint density at radius 3 is 2.29 bits per heavy atom. The van der Waals surface area contributed by atoms with E-state index < -0.39 is 0 Å². The van der Waals surface area contributed by atoms with Crippen molar-refractivity contribution in [2.75, 3.05) is 18.0 Å². The summed E-state index contributed by atoms with van der Waals surface area (Å²) >= 11 is 0. The number of likely N-dealkylation sites (N-methyl/N-ethyl adjacent to an activating group) is 1. The predicted molar refractivity (Wildman–Crippen MR) is 203 cm³/mol. The van der Waals surface area contributed by atoms with Gasteiger partial charge in [-0.3, -0.25) is 19.2 Å². The highest BCUT2D eigenvalue weighted by molar-refractivity contribution is 6.02. The van der Waals surface area contributed by atoms with Gasteiger partial charge in [0.05, 0.1) is 5.69 Å². The highest BCUT2D eigenvalue weighted by Crippen LogP contribution is 2.33. The summed E-state index contributed by atoms with van der Waals surface area (Å²) in [6.45, 7) is 5.38. The average molecular weight is 692 g/mol. The number of hydrogen-bond donors (Lipinski definition) is 1. The molecule has 1 aromatic heterocycles. The molecule has 8 heteroatoms. The van der Waals surface area contributed by atoms with E-state index in [9.17, 15) is 19.2 Å². The molecule has 1 aliphatic rings. The number of carbonyl (C=O) groups is 4. The van der Waals surface area contributed by atoms with Crippen LogP contribution >= 0.6 is 0 Å². The standard InChI is InChI=1S/C43H53N3O5/c1-3-32-16-15-18-36(28-32)45(4-2)41(48)31-46-38-21-13-12-17-35(38)30-39(46)40(47)29-33-23-25-34(26-24-33)43(50)44-27-14-7-5-6-11-22-42(49)51-37-19-9-8-10-20-37/h8-10,12-13,15-21,28,30,33-34H,3-7,11,14,22-27,29,31H2,1-2H3,(H,44,50). The minimum atomic E-state index is -0.199. The lowest BCUT2D eigenvalue weighted by Crippen LogP contribution is -2.35. The lowest BCUT2D eigenvalue weighted by Gasteiger charge is -2.27. The third-order valence-corrected chi connectivity index (χ3v) is 10.2. The molecule has 270 valence electrons. The Morgan fingerprint density at radius 1 is 0.804 bits per heavy atom. The fraction of sp³-hybridized carbons (Fsp3) is 0.442. The topological polar surface area (TPSA) is 97.7 Å².